The van der Waals surface area contributed by atoms with Gasteiger partial charge in [0.15, 0.2) is 0 Å². The largest absolute Gasteiger partial charge is 0.481 e. The molecule has 0 saturated heterocycles. The van der Waals surface area contributed by atoms with Crippen molar-refractivity contribution >= 4 is 17.3 Å². The lowest BCUT2D eigenvalue weighted by atomic mass is 9.65. The molecule has 0 aliphatic heterocycles. The Labute approximate surface area is 90.9 Å². The third-order valence-electron chi connectivity index (χ3n) is 2.76. The first kappa shape index (κ1) is 10.4. The van der Waals surface area contributed by atoms with E-state index in [2.05, 4.69) is 4.98 Å². The molecule has 1 fully saturated rings. The standard InChI is InChI=1S/C9H12N2O3S/c1-14-8-11-4-6(15-8)9(7(12)13)2-5(10)3-9/h4-5H,2-3,10H2,1H3,(H,12,13). The van der Waals surface area contributed by atoms with Crippen molar-refractivity contribution in [2.75, 3.05) is 7.11 Å². The molecule has 1 aromatic rings. The lowest BCUT2D eigenvalue weighted by molar-refractivity contribution is -0.148. The number of rotatable bonds is 3. The van der Waals surface area contributed by atoms with E-state index in [-0.39, 0.29) is 6.04 Å². The van der Waals surface area contributed by atoms with Crippen molar-refractivity contribution in [1.29, 1.82) is 0 Å². The van der Waals surface area contributed by atoms with Gasteiger partial charge in [-0.2, -0.15) is 0 Å². The Morgan fingerprint density at radius 2 is 2.47 bits per heavy atom. The summed E-state index contributed by atoms with van der Waals surface area (Å²) in [5, 5.41) is 9.71. The van der Waals surface area contributed by atoms with Gasteiger partial charge < -0.3 is 15.6 Å². The third kappa shape index (κ3) is 1.49. The van der Waals surface area contributed by atoms with Crippen LogP contribution in [0.5, 0.6) is 5.19 Å². The zero-order valence-electron chi connectivity index (χ0n) is 8.27. The van der Waals surface area contributed by atoms with Crippen LogP contribution in [0.3, 0.4) is 0 Å². The highest BCUT2D eigenvalue weighted by atomic mass is 32.1. The number of aliphatic carboxylic acids is 1. The summed E-state index contributed by atoms with van der Waals surface area (Å²) in [5.74, 6) is -0.824. The fourth-order valence-corrected chi connectivity index (χ4v) is 2.82. The molecule has 2 rings (SSSR count). The van der Waals surface area contributed by atoms with E-state index in [1.807, 2.05) is 0 Å². The lowest BCUT2D eigenvalue weighted by Crippen LogP contribution is -2.53. The number of carbonyl (C=O) groups is 1. The van der Waals surface area contributed by atoms with Crippen molar-refractivity contribution in [3.63, 3.8) is 0 Å². The molecular weight excluding hydrogens is 216 g/mol. The molecule has 0 spiro atoms. The average Bonchev–Trinajstić information content (AvgIpc) is 2.60. The van der Waals surface area contributed by atoms with Gasteiger partial charge >= 0.3 is 5.97 Å². The summed E-state index contributed by atoms with van der Waals surface area (Å²) in [6.07, 6.45) is 2.53. The van der Waals surface area contributed by atoms with Crippen LogP contribution in [0.4, 0.5) is 0 Å². The molecule has 0 radical (unpaired) electrons. The highest BCUT2D eigenvalue weighted by Gasteiger charge is 2.51. The van der Waals surface area contributed by atoms with E-state index < -0.39 is 11.4 Å². The second kappa shape index (κ2) is 3.46. The molecule has 1 heterocycles. The number of nitrogens with two attached hydrogens (primary N) is 1. The number of hydrogen-bond donors (Lipinski definition) is 2. The Bertz CT molecular complexity index is 384. The minimum absolute atomic E-state index is 0.0193. The zero-order chi connectivity index (χ0) is 11.1. The number of carboxylic acids is 1. The number of thiazole rings is 1. The van der Waals surface area contributed by atoms with Gasteiger partial charge in [0.05, 0.1) is 7.11 Å². The maximum atomic E-state index is 11.2. The molecule has 1 aromatic heterocycles. The second-order valence-corrected chi connectivity index (χ2v) is 4.74. The van der Waals surface area contributed by atoms with Crippen molar-refractivity contribution in [3.05, 3.63) is 11.1 Å². The molecule has 0 unspecified atom stereocenters. The summed E-state index contributed by atoms with van der Waals surface area (Å²) >= 11 is 1.28. The first-order chi connectivity index (χ1) is 7.08. The Hall–Kier alpha value is -1.14. The molecule has 6 heteroatoms. The molecule has 15 heavy (non-hydrogen) atoms. The van der Waals surface area contributed by atoms with Crippen molar-refractivity contribution in [1.82, 2.24) is 4.98 Å². The van der Waals surface area contributed by atoms with Gasteiger partial charge in [-0.1, -0.05) is 11.3 Å². The smallest absolute Gasteiger partial charge is 0.315 e. The summed E-state index contributed by atoms with van der Waals surface area (Å²) in [7, 11) is 1.52. The third-order valence-corrected chi connectivity index (χ3v) is 3.92. The predicted molar refractivity (Wildman–Crippen MR) is 55.2 cm³/mol. The molecule has 82 valence electrons. The zero-order valence-corrected chi connectivity index (χ0v) is 9.08. The van der Waals surface area contributed by atoms with Gasteiger partial charge in [0, 0.05) is 17.1 Å². The molecule has 0 aromatic carbocycles. The lowest BCUT2D eigenvalue weighted by Gasteiger charge is -2.41. The molecule has 0 atom stereocenters. The number of aromatic nitrogens is 1. The van der Waals surface area contributed by atoms with Gasteiger partial charge in [-0.25, -0.2) is 4.98 Å². The van der Waals surface area contributed by atoms with Crippen LogP contribution in [0.25, 0.3) is 0 Å². The van der Waals surface area contributed by atoms with Crippen LogP contribution >= 0.6 is 11.3 Å². The Morgan fingerprint density at radius 1 is 1.80 bits per heavy atom. The van der Waals surface area contributed by atoms with Crippen LogP contribution in [-0.4, -0.2) is 29.2 Å². The normalized spacial score (nSPS) is 29.6. The summed E-state index contributed by atoms with van der Waals surface area (Å²) in [6, 6.07) is -0.0193. The quantitative estimate of drug-likeness (QED) is 0.791. The number of methoxy groups -OCH3 is 1. The van der Waals surface area contributed by atoms with Gasteiger partial charge in [0.1, 0.15) is 5.41 Å². The first-order valence-electron chi connectivity index (χ1n) is 4.58. The molecule has 1 aliphatic carbocycles. The maximum Gasteiger partial charge on any atom is 0.315 e. The number of ether oxygens (including phenoxy) is 1. The van der Waals surface area contributed by atoms with E-state index in [1.165, 1.54) is 18.4 Å². The van der Waals surface area contributed by atoms with E-state index in [0.29, 0.717) is 18.0 Å². The van der Waals surface area contributed by atoms with Gasteiger partial charge in [-0.05, 0) is 12.8 Å². The molecule has 1 saturated carbocycles. The van der Waals surface area contributed by atoms with Crippen LogP contribution in [0.2, 0.25) is 0 Å². The highest BCUT2D eigenvalue weighted by Crippen LogP contribution is 2.46. The maximum absolute atomic E-state index is 11.2. The Morgan fingerprint density at radius 3 is 2.87 bits per heavy atom. The fraction of sp³-hybridized carbons (Fsp3) is 0.556. The monoisotopic (exact) mass is 228 g/mol. The van der Waals surface area contributed by atoms with Gasteiger partial charge in [-0.15, -0.1) is 0 Å². The number of carboxylic acid groups (broad SMARTS) is 1. The van der Waals surface area contributed by atoms with Crippen molar-refractivity contribution in [2.24, 2.45) is 5.73 Å². The van der Waals surface area contributed by atoms with E-state index in [4.69, 9.17) is 10.5 Å². The van der Waals surface area contributed by atoms with Crippen LogP contribution in [-0.2, 0) is 10.2 Å². The van der Waals surface area contributed by atoms with E-state index in [9.17, 15) is 9.90 Å². The second-order valence-electron chi connectivity index (χ2n) is 3.75. The minimum Gasteiger partial charge on any atom is -0.481 e. The van der Waals surface area contributed by atoms with Gasteiger partial charge in [-0.3, -0.25) is 4.79 Å². The SMILES string of the molecule is COc1ncc(C2(C(=O)O)CC(N)C2)s1. The summed E-state index contributed by atoms with van der Waals surface area (Å²) in [5.41, 5.74) is 4.83. The van der Waals surface area contributed by atoms with E-state index in [0.717, 1.165) is 4.88 Å². The number of nitrogens with zero attached hydrogens (tertiary/aromatic N) is 1. The van der Waals surface area contributed by atoms with E-state index in [1.54, 1.807) is 6.20 Å². The van der Waals surface area contributed by atoms with Crippen molar-refractivity contribution in [2.45, 2.75) is 24.3 Å². The van der Waals surface area contributed by atoms with Crippen LogP contribution in [0.1, 0.15) is 17.7 Å². The topological polar surface area (TPSA) is 85.4 Å². The molecule has 0 bridgehead atoms. The predicted octanol–water partition coefficient (Wildman–Crippen LogP) is 0.595. The van der Waals surface area contributed by atoms with Crippen LogP contribution in [0, 0.1) is 0 Å². The minimum atomic E-state index is -0.826. The Kier molecular flexibility index (Phi) is 2.40. The first-order valence-corrected chi connectivity index (χ1v) is 5.39. The van der Waals surface area contributed by atoms with Crippen LogP contribution < -0.4 is 10.5 Å². The van der Waals surface area contributed by atoms with E-state index >= 15 is 0 Å². The van der Waals surface area contributed by atoms with Crippen LogP contribution in [0.15, 0.2) is 6.20 Å². The molecule has 5 nitrogen and oxygen atoms in total. The van der Waals surface area contributed by atoms with Crippen molar-refractivity contribution < 1.29 is 14.6 Å². The molecule has 3 N–H and O–H groups in total. The molecule has 1 aliphatic rings. The summed E-state index contributed by atoms with van der Waals surface area (Å²) in [6.45, 7) is 0. The Balaban J connectivity index is 2.30. The fourth-order valence-electron chi connectivity index (χ4n) is 1.89. The highest BCUT2D eigenvalue weighted by molar-refractivity contribution is 7.13. The summed E-state index contributed by atoms with van der Waals surface area (Å²) in [4.78, 5) is 15.9. The van der Waals surface area contributed by atoms with Crippen molar-refractivity contribution in [3.8, 4) is 5.19 Å². The molecule has 0 amide bonds. The average molecular weight is 228 g/mol. The molecular formula is C9H12N2O3S. The summed E-state index contributed by atoms with van der Waals surface area (Å²) < 4.78 is 4.95. The number of hydrogen-bond acceptors (Lipinski definition) is 5. The van der Waals surface area contributed by atoms with Gasteiger partial charge in [0.2, 0.25) is 0 Å². The van der Waals surface area contributed by atoms with Gasteiger partial charge in [0.25, 0.3) is 5.19 Å².